The molecule has 1 amide bonds. The number of amides is 1. The molecule has 0 spiro atoms. The van der Waals surface area contributed by atoms with Gasteiger partial charge in [-0.3, -0.25) is 4.79 Å². The summed E-state index contributed by atoms with van der Waals surface area (Å²) in [5.41, 5.74) is 0. The Labute approximate surface area is 134 Å². The Morgan fingerprint density at radius 3 is 2.74 bits per heavy atom. The highest BCUT2D eigenvalue weighted by atomic mass is 32.2. The minimum atomic E-state index is -3.34. The van der Waals surface area contributed by atoms with Gasteiger partial charge in [-0.2, -0.15) is 0 Å². The number of furan rings is 2. The number of hydrogen-bond donors (Lipinski definition) is 0. The van der Waals surface area contributed by atoms with Gasteiger partial charge in [0.05, 0.1) is 17.8 Å². The molecule has 0 saturated carbocycles. The number of likely N-dealkylation sites (tertiary alicyclic amines) is 1. The quantitative estimate of drug-likeness (QED) is 0.782. The lowest BCUT2D eigenvalue weighted by atomic mass is 10.3. The van der Waals surface area contributed by atoms with Crippen molar-refractivity contribution in [3.63, 3.8) is 0 Å². The minimum Gasteiger partial charge on any atom is -0.468 e. The molecule has 0 bridgehead atoms. The fourth-order valence-corrected chi connectivity index (χ4v) is 4.25. The molecule has 1 saturated heterocycles. The van der Waals surface area contributed by atoms with E-state index in [0.29, 0.717) is 24.5 Å². The molecule has 1 aliphatic heterocycles. The Kier molecular flexibility index (Phi) is 4.38. The Bertz CT molecular complexity index is 775. The van der Waals surface area contributed by atoms with Gasteiger partial charge < -0.3 is 13.7 Å². The van der Waals surface area contributed by atoms with E-state index in [0.717, 1.165) is 0 Å². The van der Waals surface area contributed by atoms with E-state index in [1.807, 2.05) is 0 Å². The van der Waals surface area contributed by atoms with Crippen LogP contribution in [0.5, 0.6) is 0 Å². The molecule has 6 nitrogen and oxygen atoms in total. The first-order valence-corrected chi connectivity index (χ1v) is 9.00. The molecular formula is C16H17NO5S. The summed E-state index contributed by atoms with van der Waals surface area (Å²) in [6.45, 7) is 0.647. The average molecular weight is 335 g/mol. The molecule has 0 aliphatic carbocycles. The number of hydrogen-bond acceptors (Lipinski definition) is 5. The number of carbonyl (C=O) groups excluding carboxylic acids is 1. The van der Waals surface area contributed by atoms with Gasteiger partial charge in [0.2, 0.25) is 5.91 Å². The summed E-state index contributed by atoms with van der Waals surface area (Å²) in [6.07, 6.45) is 6.41. The van der Waals surface area contributed by atoms with Crippen molar-refractivity contribution in [1.82, 2.24) is 4.90 Å². The second kappa shape index (κ2) is 6.45. The molecule has 0 radical (unpaired) electrons. The van der Waals surface area contributed by atoms with Gasteiger partial charge in [0.1, 0.15) is 17.3 Å². The van der Waals surface area contributed by atoms with E-state index < -0.39 is 15.1 Å². The summed E-state index contributed by atoms with van der Waals surface area (Å²) in [5, 5.41) is -0.548. The van der Waals surface area contributed by atoms with Crippen molar-refractivity contribution < 1.29 is 22.0 Å². The lowest BCUT2D eigenvalue weighted by Gasteiger charge is -2.14. The van der Waals surface area contributed by atoms with Crippen molar-refractivity contribution in [2.45, 2.75) is 17.4 Å². The van der Waals surface area contributed by atoms with Crippen LogP contribution in [0.3, 0.4) is 0 Å². The monoisotopic (exact) mass is 335 g/mol. The third kappa shape index (κ3) is 3.73. The van der Waals surface area contributed by atoms with Gasteiger partial charge in [0.15, 0.2) is 9.84 Å². The van der Waals surface area contributed by atoms with E-state index in [-0.39, 0.29) is 18.2 Å². The second-order valence-corrected chi connectivity index (χ2v) is 7.71. The molecule has 3 rings (SSSR count). The van der Waals surface area contributed by atoms with Crippen molar-refractivity contribution >= 4 is 21.8 Å². The molecule has 0 N–H and O–H groups in total. The van der Waals surface area contributed by atoms with Crippen LogP contribution >= 0.6 is 0 Å². The highest BCUT2D eigenvalue weighted by molar-refractivity contribution is 7.91. The summed E-state index contributed by atoms with van der Waals surface area (Å²) in [5.74, 6) is 0.665. The lowest BCUT2D eigenvalue weighted by molar-refractivity contribution is -0.124. The first kappa shape index (κ1) is 15.6. The summed E-state index contributed by atoms with van der Waals surface area (Å²) < 4.78 is 35.0. The Morgan fingerprint density at radius 2 is 2.04 bits per heavy atom. The van der Waals surface area contributed by atoms with Crippen molar-refractivity contribution in [2.24, 2.45) is 0 Å². The predicted molar refractivity (Wildman–Crippen MR) is 84.1 cm³/mol. The topological polar surface area (TPSA) is 80.7 Å². The van der Waals surface area contributed by atoms with Gasteiger partial charge in [-0.1, -0.05) is 0 Å². The van der Waals surface area contributed by atoms with Crippen LogP contribution in [0.15, 0.2) is 51.7 Å². The first-order chi connectivity index (χ1) is 11.0. The van der Waals surface area contributed by atoms with Gasteiger partial charge in [-0.05, 0) is 36.8 Å². The van der Waals surface area contributed by atoms with Gasteiger partial charge in [0, 0.05) is 19.2 Å². The van der Waals surface area contributed by atoms with E-state index in [1.54, 1.807) is 35.2 Å². The van der Waals surface area contributed by atoms with E-state index in [1.165, 1.54) is 18.6 Å². The molecule has 3 heterocycles. The van der Waals surface area contributed by atoms with Crippen molar-refractivity contribution in [2.75, 3.05) is 13.1 Å². The van der Waals surface area contributed by atoms with E-state index >= 15 is 0 Å². The van der Waals surface area contributed by atoms with Crippen LogP contribution in [0, 0.1) is 0 Å². The molecule has 7 heteroatoms. The number of sulfone groups is 1. The van der Waals surface area contributed by atoms with Crippen LogP contribution < -0.4 is 0 Å². The highest BCUT2D eigenvalue weighted by Crippen LogP contribution is 2.21. The van der Waals surface area contributed by atoms with E-state index in [9.17, 15) is 13.2 Å². The SMILES string of the molecule is O=C(/C=C/c1ccco1)N1CC[C@@H](S(=O)(=O)Cc2ccco2)C1. The molecule has 2 aromatic rings. The molecule has 2 aromatic heterocycles. The van der Waals surface area contributed by atoms with Gasteiger partial charge in [-0.25, -0.2) is 8.42 Å². The summed E-state index contributed by atoms with van der Waals surface area (Å²) >= 11 is 0. The summed E-state index contributed by atoms with van der Waals surface area (Å²) in [7, 11) is -3.34. The molecule has 1 fully saturated rings. The zero-order chi connectivity index (χ0) is 16.3. The maximum absolute atomic E-state index is 12.4. The molecule has 0 unspecified atom stereocenters. The molecule has 23 heavy (non-hydrogen) atoms. The van der Waals surface area contributed by atoms with Gasteiger partial charge >= 0.3 is 0 Å². The third-order valence-electron chi connectivity index (χ3n) is 3.82. The van der Waals surface area contributed by atoms with Crippen molar-refractivity contribution in [3.05, 3.63) is 54.4 Å². The zero-order valence-corrected chi connectivity index (χ0v) is 13.2. The lowest BCUT2D eigenvalue weighted by Crippen LogP contribution is -2.31. The molecular weight excluding hydrogens is 318 g/mol. The molecule has 1 aliphatic rings. The van der Waals surface area contributed by atoms with Crippen LogP contribution in [-0.2, 0) is 20.4 Å². The fourth-order valence-electron chi connectivity index (χ4n) is 2.58. The standard InChI is InChI=1S/C16H17NO5S/c18-16(6-5-13-3-1-9-21-13)17-8-7-15(11-17)23(19,20)12-14-4-2-10-22-14/h1-6,9-10,15H,7-8,11-12H2/b6-5+/t15-/m1/s1. The Balaban J connectivity index is 1.60. The largest absolute Gasteiger partial charge is 0.468 e. The maximum atomic E-state index is 12.4. The molecule has 1 atom stereocenters. The Morgan fingerprint density at radius 1 is 1.26 bits per heavy atom. The normalized spacial score (nSPS) is 18.8. The van der Waals surface area contributed by atoms with Crippen molar-refractivity contribution in [1.29, 1.82) is 0 Å². The van der Waals surface area contributed by atoms with E-state index in [2.05, 4.69) is 0 Å². The zero-order valence-electron chi connectivity index (χ0n) is 12.4. The second-order valence-electron chi connectivity index (χ2n) is 5.43. The number of nitrogens with zero attached hydrogens (tertiary/aromatic N) is 1. The molecule has 0 aromatic carbocycles. The van der Waals surface area contributed by atoms with Gasteiger partial charge in [0.25, 0.3) is 0 Å². The maximum Gasteiger partial charge on any atom is 0.246 e. The van der Waals surface area contributed by atoms with Crippen molar-refractivity contribution in [3.8, 4) is 0 Å². The Hall–Kier alpha value is -2.28. The van der Waals surface area contributed by atoms with Gasteiger partial charge in [-0.15, -0.1) is 0 Å². The van der Waals surface area contributed by atoms with Crippen LogP contribution in [-0.4, -0.2) is 37.6 Å². The predicted octanol–water partition coefficient (Wildman–Crippen LogP) is 2.10. The smallest absolute Gasteiger partial charge is 0.246 e. The first-order valence-electron chi connectivity index (χ1n) is 7.29. The summed E-state index contributed by atoms with van der Waals surface area (Å²) in [6, 6.07) is 6.78. The van der Waals surface area contributed by atoms with Crippen LogP contribution in [0.25, 0.3) is 6.08 Å². The third-order valence-corrected chi connectivity index (χ3v) is 5.91. The molecule has 122 valence electrons. The number of carbonyl (C=O) groups is 1. The van der Waals surface area contributed by atoms with Crippen LogP contribution in [0.1, 0.15) is 17.9 Å². The highest BCUT2D eigenvalue weighted by Gasteiger charge is 2.35. The summed E-state index contributed by atoms with van der Waals surface area (Å²) in [4.78, 5) is 13.7. The fraction of sp³-hybridized carbons (Fsp3) is 0.312. The minimum absolute atomic E-state index is 0.130. The van der Waals surface area contributed by atoms with Crippen LogP contribution in [0.2, 0.25) is 0 Å². The number of rotatable bonds is 5. The van der Waals surface area contributed by atoms with E-state index in [4.69, 9.17) is 8.83 Å². The van der Waals surface area contributed by atoms with Crippen LogP contribution in [0.4, 0.5) is 0 Å². The average Bonchev–Trinajstić information content (AvgIpc) is 3.25.